The van der Waals surface area contributed by atoms with Gasteiger partial charge in [-0.2, -0.15) is 0 Å². The number of carboxylic acids is 1. The number of rotatable bonds is 5. The van der Waals surface area contributed by atoms with Gasteiger partial charge in [0.15, 0.2) is 0 Å². The van der Waals surface area contributed by atoms with E-state index in [1.54, 1.807) is 12.1 Å². The second-order valence-electron chi connectivity index (χ2n) is 4.19. The number of nitrogens with one attached hydrogen (secondary N) is 1. The monoisotopic (exact) mass is 272 g/mol. The second kappa shape index (κ2) is 5.97. The van der Waals surface area contributed by atoms with Gasteiger partial charge in [-0.25, -0.2) is 4.79 Å². The van der Waals surface area contributed by atoms with Crippen molar-refractivity contribution < 1.29 is 14.6 Å². The Morgan fingerprint density at radius 2 is 1.95 bits per heavy atom. The van der Waals surface area contributed by atoms with Crippen LogP contribution in [0.1, 0.15) is 17.3 Å². The van der Waals surface area contributed by atoms with Crippen LogP contribution in [0.15, 0.2) is 42.5 Å². The average Bonchev–Trinajstić information content (AvgIpc) is 2.41. The molecule has 2 aromatic rings. The van der Waals surface area contributed by atoms with Crippen LogP contribution in [0.3, 0.4) is 0 Å². The quantitative estimate of drug-likeness (QED) is 0.728. The van der Waals surface area contributed by atoms with E-state index in [0.29, 0.717) is 18.0 Å². The maximum Gasteiger partial charge on any atom is 0.337 e. The molecule has 5 heteroatoms. The van der Waals surface area contributed by atoms with Gasteiger partial charge >= 0.3 is 5.97 Å². The summed E-state index contributed by atoms with van der Waals surface area (Å²) in [5.74, 6) is -0.234. The van der Waals surface area contributed by atoms with Gasteiger partial charge in [0.2, 0.25) is 0 Å². The SMILES string of the molecule is CCOc1ccc(Nc2cc(N)ccc2C(=O)O)cc1. The minimum absolute atomic E-state index is 0.174. The normalized spacial score (nSPS) is 10.1. The molecule has 0 aromatic heterocycles. The molecule has 0 aliphatic rings. The highest BCUT2D eigenvalue weighted by Crippen LogP contribution is 2.25. The molecule has 0 saturated carbocycles. The molecule has 104 valence electrons. The van der Waals surface area contributed by atoms with E-state index >= 15 is 0 Å². The van der Waals surface area contributed by atoms with Crippen LogP contribution >= 0.6 is 0 Å². The second-order valence-corrected chi connectivity index (χ2v) is 4.19. The van der Waals surface area contributed by atoms with Crippen LogP contribution in [0.25, 0.3) is 0 Å². The first kappa shape index (κ1) is 13.7. The van der Waals surface area contributed by atoms with Crippen molar-refractivity contribution in [2.75, 3.05) is 17.7 Å². The molecular weight excluding hydrogens is 256 g/mol. The average molecular weight is 272 g/mol. The predicted octanol–water partition coefficient (Wildman–Crippen LogP) is 3.11. The predicted molar refractivity (Wildman–Crippen MR) is 78.7 cm³/mol. The highest BCUT2D eigenvalue weighted by atomic mass is 16.5. The Kier molecular flexibility index (Phi) is 4.10. The molecule has 2 aromatic carbocycles. The lowest BCUT2D eigenvalue weighted by Crippen LogP contribution is -2.03. The third-order valence-corrected chi connectivity index (χ3v) is 2.72. The first-order valence-corrected chi connectivity index (χ1v) is 6.23. The summed E-state index contributed by atoms with van der Waals surface area (Å²) < 4.78 is 5.35. The van der Waals surface area contributed by atoms with Crippen molar-refractivity contribution in [1.29, 1.82) is 0 Å². The van der Waals surface area contributed by atoms with Gasteiger partial charge in [0, 0.05) is 11.4 Å². The van der Waals surface area contributed by atoms with Gasteiger partial charge in [0.05, 0.1) is 17.9 Å². The maximum absolute atomic E-state index is 11.2. The lowest BCUT2D eigenvalue weighted by atomic mass is 10.1. The largest absolute Gasteiger partial charge is 0.494 e. The minimum Gasteiger partial charge on any atom is -0.494 e. The summed E-state index contributed by atoms with van der Waals surface area (Å²) in [4.78, 5) is 11.2. The van der Waals surface area contributed by atoms with Crippen molar-refractivity contribution in [1.82, 2.24) is 0 Å². The number of carbonyl (C=O) groups is 1. The van der Waals surface area contributed by atoms with Gasteiger partial charge in [0.25, 0.3) is 0 Å². The zero-order chi connectivity index (χ0) is 14.5. The molecule has 0 fully saturated rings. The van der Waals surface area contributed by atoms with E-state index in [4.69, 9.17) is 15.6 Å². The van der Waals surface area contributed by atoms with Crippen molar-refractivity contribution in [3.05, 3.63) is 48.0 Å². The number of nitrogen functional groups attached to an aromatic ring is 1. The number of benzene rings is 2. The summed E-state index contributed by atoms with van der Waals surface area (Å²) >= 11 is 0. The lowest BCUT2D eigenvalue weighted by molar-refractivity contribution is 0.0698. The topological polar surface area (TPSA) is 84.6 Å². The van der Waals surface area contributed by atoms with Crippen molar-refractivity contribution in [3.8, 4) is 5.75 Å². The Bertz CT molecular complexity index is 609. The van der Waals surface area contributed by atoms with E-state index in [1.165, 1.54) is 6.07 Å². The Labute approximate surface area is 117 Å². The molecule has 0 radical (unpaired) electrons. The van der Waals surface area contributed by atoms with Crippen LogP contribution in [0, 0.1) is 0 Å². The minimum atomic E-state index is -1.00. The summed E-state index contributed by atoms with van der Waals surface area (Å²) in [6.07, 6.45) is 0. The molecule has 0 saturated heterocycles. The number of hydrogen-bond donors (Lipinski definition) is 3. The van der Waals surface area contributed by atoms with Crippen LogP contribution in [0.4, 0.5) is 17.1 Å². The zero-order valence-corrected chi connectivity index (χ0v) is 11.1. The van der Waals surface area contributed by atoms with E-state index in [9.17, 15) is 4.79 Å². The Balaban J connectivity index is 2.25. The molecule has 0 atom stereocenters. The Hall–Kier alpha value is -2.69. The van der Waals surface area contributed by atoms with E-state index in [0.717, 1.165) is 11.4 Å². The van der Waals surface area contributed by atoms with Gasteiger partial charge in [-0.1, -0.05) is 0 Å². The fraction of sp³-hybridized carbons (Fsp3) is 0.133. The highest BCUT2D eigenvalue weighted by Gasteiger charge is 2.10. The third-order valence-electron chi connectivity index (χ3n) is 2.72. The summed E-state index contributed by atoms with van der Waals surface area (Å²) in [7, 11) is 0. The molecule has 0 heterocycles. The lowest BCUT2D eigenvalue weighted by Gasteiger charge is -2.11. The molecule has 2 rings (SSSR count). The first-order chi connectivity index (χ1) is 9.60. The van der Waals surface area contributed by atoms with Crippen LogP contribution < -0.4 is 15.8 Å². The molecule has 20 heavy (non-hydrogen) atoms. The highest BCUT2D eigenvalue weighted by molar-refractivity contribution is 5.96. The molecule has 0 bridgehead atoms. The number of nitrogens with two attached hydrogens (primary N) is 1. The van der Waals surface area contributed by atoms with Crippen molar-refractivity contribution in [3.63, 3.8) is 0 Å². The van der Waals surface area contributed by atoms with Gasteiger partial charge < -0.3 is 20.9 Å². The molecule has 4 N–H and O–H groups in total. The van der Waals surface area contributed by atoms with Crippen molar-refractivity contribution in [2.24, 2.45) is 0 Å². The fourth-order valence-corrected chi connectivity index (χ4v) is 1.81. The van der Waals surface area contributed by atoms with Gasteiger partial charge in [-0.15, -0.1) is 0 Å². The van der Waals surface area contributed by atoms with Gasteiger partial charge in [0.1, 0.15) is 5.75 Å². The number of carboxylic acid groups (broad SMARTS) is 1. The first-order valence-electron chi connectivity index (χ1n) is 6.23. The van der Waals surface area contributed by atoms with E-state index in [2.05, 4.69) is 5.32 Å². The Morgan fingerprint density at radius 3 is 2.55 bits per heavy atom. The fourth-order valence-electron chi connectivity index (χ4n) is 1.81. The molecule has 0 aliphatic carbocycles. The summed E-state index contributed by atoms with van der Waals surface area (Å²) in [5.41, 5.74) is 7.59. The molecule has 0 unspecified atom stereocenters. The maximum atomic E-state index is 11.2. The van der Waals surface area contributed by atoms with Crippen LogP contribution in [0.2, 0.25) is 0 Å². The molecule has 5 nitrogen and oxygen atoms in total. The van der Waals surface area contributed by atoms with Gasteiger partial charge in [-0.3, -0.25) is 0 Å². The summed E-state index contributed by atoms with van der Waals surface area (Å²) in [5, 5.41) is 12.2. The van der Waals surface area contributed by atoms with Crippen LogP contribution in [-0.2, 0) is 0 Å². The van der Waals surface area contributed by atoms with E-state index < -0.39 is 5.97 Å². The molecule has 0 amide bonds. The smallest absolute Gasteiger partial charge is 0.337 e. The number of aromatic carboxylic acids is 1. The van der Waals surface area contributed by atoms with Crippen LogP contribution in [0.5, 0.6) is 5.75 Å². The van der Waals surface area contributed by atoms with E-state index in [-0.39, 0.29) is 5.56 Å². The number of anilines is 3. The Morgan fingerprint density at radius 1 is 1.25 bits per heavy atom. The molecular formula is C15H16N2O3. The van der Waals surface area contributed by atoms with Crippen molar-refractivity contribution in [2.45, 2.75) is 6.92 Å². The van der Waals surface area contributed by atoms with Crippen LogP contribution in [-0.4, -0.2) is 17.7 Å². The summed E-state index contributed by atoms with van der Waals surface area (Å²) in [6, 6.07) is 11.9. The zero-order valence-electron chi connectivity index (χ0n) is 11.1. The number of hydrogen-bond acceptors (Lipinski definition) is 4. The standard InChI is InChI=1S/C15H16N2O3/c1-2-20-12-6-4-11(5-7-12)17-14-9-10(16)3-8-13(14)15(18)19/h3-9,17H,2,16H2,1H3,(H,18,19). The summed E-state index contributed by atoms with van der Waals surface area (Å²) in [6.45, 7) is 2.52. The van der Waals surface area contributed by atoms with Crippen molar-refractivity contribution >= 4 is 23.0 Å². The molecule has 0 spiro atoms. The van der Waals surface area contributed by atoms with E-state index in [1.807, 2.05) is 31.2 Å². The number of ether oxygens (including phenoxy) is 1. The van der Waals surface area contributed by atoms with Gasteiger partial charge in [-0.05, 0) is 49.4 Å². The third kappa shape index (κ3) is 3.20. The molecule has 0 aliphatic heterocycles.